The second-order valence-electron chi connectivity index (χ2n) is 5.29. The minimum Gasteiger partial charge on any atom is -0.478 e. The van der Waals surface area contributed by atoms with E-state index in [-0.39, 0.29) is 5.56 Å². The van der Waals surface area contributed by atoms with E-state index >= 15 is 0 Å². The number of carboxylic acid groups (broad SMARTS) is 1. The van der Waals surface area contributed by atoms with Crippen LogP contribution in [-0.2, 0) is 18.0 Å². The Morgan fingerprint density at radius 1 is 1.14 bits per heavy atom. The van der Waals surface area contributed by atoms with E-state index in [9.17, 15) is 4.79 Å². The van der Waals surface area contributed by atoms with Crippen molar-refractivity contribution in [2.45, 2.75) is 13.2 Å². The number of benzene rings is 2. The molecular weight excluding hydrogens is 346 g/mol. The molecule has 0 fully saturated rings. The van der Waals surface area contributed by atoms with Crippen molar-refractivity contribution in [1.29, 1.82) is 0 Å². The summed E-state index contributed by atoms with van der Waals surface area (Å²) in [6.07, 6.45) is 2.01. The number of ether oxygens (including phenoxy) is 1. The average Bonchev–Trinajstić information content (AvgIpc) is 3.11. The van der Waals surface area contributed by atoms with E-state index in [4.69, 9.17) is 9.84 Å². The smallest absolute Gasteiger partial charge is 0.335 e. The molecule has 0 amide bonds. The summed E-state index contributed by atoms with van der Waals surface area (Å²) >= 11 is 3.64. The molecular formula is C17H12BrNO3. The summed E-state index contributed by atoms with van der Waals surface area (Å²) in [6.45, 7) is 1.30. The van der Waals surface area contributed by atoms with Gasteiger partial charge in [-0.3, -0.25) is 0 Å². The van der Waals surface area contributed by atoms with Crippen molar-refractivity contribution in [3.8, 4) is 5.69 Å². The van der Waals surface area contributed by atoms with Gasteiger partial charge in [-0.25, -0.2) is 4.79 Å². The highest BCUT2D eigenvalue weighted by Crippen LogP contribution is 2.36. The van der Waals surface area contributed by atoms with Crippen LogP contribution < -0.4 is 0 Å². The second-order valence-corrected chi connectivity index (χ2v) is 6.14. The maximum absolute atomic E-state index is 11.0. The number of carbonyl (C=O) groups is 1. The molecule has 0 saturated carbocycles. The Balaban J connectivity index is 1.91. The lowest BCUT2D eigenvalue weighted by molar-refractivity contribution is 0.0697. The standard InChI is InChI=1S/C17H12BrNO3/c18-14-7-19(12-4-1-10(2-5-12)17(20)21)15-6-3-11-8-22-9-13(11)16(14)15/h1-7H,8-9H2,(H,20,21). The highest BCUT2D eigenvalue weighted by molar-refractivity contribution is 9.10. The molecule has 0 saturated heterocycles. The van der Waals surface area contributed by atoms with Gasteiger partial charge in [0.05, 0.1) is 24.3 Å². The first kappa shape index (κ1) is 13.5. The molecule has 0 radical (unpaired) electrons. The van der Waals surface area contributed by atoms with E-state index < -0.39 is 5.97 Å². The summed E-state index contributed by atoms with van der Waals surface area (Å²) < 4.78 is 8.62. The van der Waals surface area contributed by atoms with Crippen LogP contribution in [0.3, 0.4) is 0 Å². The SMILES string of the molecule is O=C(O)c1ccc(-n2cc(Br)c3c4c(ccc32)COC4)cc1. The van der Waals surface area contributed by atoms with Gasteiger partial charge in [-0.05, 0) is 57.4 Å². The minimum absolute atomic E-state index is 0.286. The Labute approximate surface area is 135 Å². The highest BCUT2D eigenvalue weighted by Gasteiger charge is 2.19. The first-order chi connectivity index (χ1) is 10.6. The van der Waals surface area contributed by atoms with Gasteiger partial charge in [0.1, 0.15) is 0 Å². The van der Waals surface area contributed by atoms with E-state index in [2.05, 4.69) is 32.6 Å². The second kappa shape index (κ2) is 4.97. The average molecular weight is 358 g/mol. The monoisotopic (exact) mass is 357 g/mol. The van der Waals surface area contributed by atoms with E-state index in [1.807, 2.05) is 18.3 Å². The van der Waals surface area contributed by atoms with Gasteiger partial charge in [-0.15, -0.1) is 0 Å². The third-order valence-corrected chi connectivity index (χ3v) is 4.63. The molecule has 5 heteroatoms. The maximum Gasteiger partial charge on any atom is 0.335 e. The van der Waals surface area contributed by atoms with Crippen molar-refractivity contribution in [3.63, 3.8) is 0 Å². The topological polar surface area (TPSA) is 51.5 Å². The van der Waals surface area contributed by atoms with Crippen molar-refractivity contribution < 1.29 is 14.6 Å². The fraction of sp³-hybridized carbons (Fsp3) is 0.118. The number of nitrogens with zero attached hydrogens (tertiary/aromatic N) is 1. The van der Waals surface area contributed by atoms with Gasteiger partial charge in [0, 0.05) is 21.7 Å². The Morgan fingerprint density at radius 2 is 1.91 bits per heavy atom. The van der Waals surface area contributed by atoms with Crippen LogP contribution in [0, 0.1) is 0 Å². The summed E-state index contributed by atoms with van der Waals surface area (Å²) in [4.78, 5) is 11.0. The third-order valence-electron chi connectivity index (χ3n) is 4.03. The quantitative estimate of drug-likeness (QED) is 0.750. The molecule has 0 unspecified atom stereocenters. The van der Waals surface area contributed by atoms with Crippen LogP contribution in [0.2, 0.25) is 0 Å². The zero-order valence-corrected chi connectivity index (χ0v) is 13.1. The predicted molar refractivity (Wildman–Crippen MR) is 86.4 cm³/mol. The summed E-state index contributed by atoms with van der Waals surface area (Å²) in [6, 6.07) is 11.1. The minimum atomic E-state index is -0.917. The van der Waals surface area contributed by atoms with Gasteiger partial charge in [0.15, 0.2) is 0 Å². The zero-order chi connectivity index (χ0) is 15.3. The fourth-order valence-corrected chi connectivity index (χ4v) is 3.58. The number of hydrogen-bond donors (Lipinski definition) is 1. The van der Waals surface area contributed by atoms with Crippen molar-refractivity contribution in [2.75, 3.05) is 0 Å². The van der Waals surface area contributed by atoms with Gasteiger partial charge in [0.2, 0.25) is 0 Å². The summed E-state index contributed by atoms with van der Waals surface area (Å²) in [5.41, 5.74) is 4.75. The van der Waals surface area contributed by atoms with E-state index in [1.165, 1.54) is 11.1 Å². The van der Waals surface area contributed by atoms with Crippen molar-refractivity contribution in [2.24, 2.45) is 0 Å². The summed E-state index contributed by atoms with van der Waals surface area (Å²) in [5, 5.41) is 10.2. The van der Waals surface area contributed by atoms with Gasteiger partial charge >= 0.3 is 5.97 Å². The number of carboxylic acids is 1. The highest BCUT2D eigenvalue weighted by atomic mass is 79.9. The fourth-order valence-electron chi connectivity index (χ4n) is 2.93. The Morgan fingerprint density at radius 3 is 2.64 bits per heavy atom. The molecule has 1 aliphatic rings. The van der Waals surface area contributed by atoms with Crippen molar-refractivity contribution >= 4 is 32.8 Å². The first-order valence-corrected chi connectivity index (χ1v) is 7.67. The van der Waals surface area contributed by atoms with Crippen LogP contribution in [-0.4, -0.2) is 15.6 Å². The van der Waals surface area contributed by atoms with Crippen molar-refractivity contribution in [1.82, 2.24) is 4.57 Å². The van der Waals surface area contributed by atoms with Crippen LogP contribution in [0.4, 0.5) is 0 Å². The van der Waals surface area contributed by atoms with Crippen LogP contribution in [0.15, 0.2) is 47.1 Å². The van der Waals surface area contributed by atoms with Gasteiger partial charge < -0.3 is 14.4 Å². The number of hydrogen-bond acceptors (Lipinski definition) is 2. The molecule has 2 heterocycles. The van der Waals surface area contributed by atoms with E-state index in [0.29, 0.717) is 13.2 Å². The molecule has 0 spiro atoms. The van der Waals surface area contributed by atoms with E-state index in [0.717, 1.165) is 21.1 Å². The lowest BCUT2D eigenvalue weighted by Crippen LogP contribution is -1.97. The maximum atomic E-state index is 11.0. The molecule has 110 valence electrons. The Kier molecular flexibility index (Phi) is 3.06. The molecule has 0 aliphatic carbocycles. The molecule has 0 bridgehead atoms. The third kappa shape index (κ3) is 1.97. The summed E-state index contributed by atoms with van der Waals surface area (Å²) in [5.74, 6) is -0.917. The van der Waals surface area contributed by atoms with Crippen LogP contribution in [0.5, 0.6) is 0 Å². The number of fused-ring (bicyclic) bond motifs is 3. The van der Waals surface area contributed by atoms with Crippen LogP contribution in [0.25, 0.3) is 16.6 Å². The molecule has 1 N–H and O–H groups in total. The summed E-state index contributed by atoms with van der Waals surface area (Å²) in [7, 11) is 0. The molecule has 0 atom stereocenters. The van der Waals surface area contributed by atoms with Crippen LogP contribution in [0.1, 0.15) is 21.5 Å². The molecule has 22 heavy (non-hydrogen) atoms. The van der Waals surface area contributed by atoms with Crippen molar-refractivity contribution in [3.05, 3.63) is 63.8 Å². The molecule has 3 aromatic rings. The lowest BCUT2D eigenvalue weighted by atomic mass is 10.1. The van der Waals surface area contributed by atoms with Gasteiger partial charge in [0.25, 0.3) is 0 Å². The molecule has 4 nitrogen and oxygen atoms in total. The first-order valence-electron chi connectivity index (χ1n) is 6.88. The molecule has 4 rings (SSSR count). The number of aromatic nitrogens is 1. The number of aromatic carboxylic acids is 1. The lowest BCUT2D eigenvalue weighted by Gasteiger charge is -2.07. The number of rotatable bonds is 2. The van der Waals surface area contributed by atoms with Gasteiger partial charge in [-0.1, -0.05) is 6.07 Å². The number of halogens is 1. The zero-order valence-electron chi connectivity index (χ0n) is 11.5. The Hall–Kier alpha value is -2.11. The largest absolute Gasteiger partial charge is 0.478 e. The molecule has 2 aromatic carbocycles. The van der Waals surface area contributed by atoms with Crippen LogP contribution >= 0.6 is 15.9 Å². The Bertz CT molecular complexity index is 896. The van der Waals surface area contributed by atoms with E-state index in [1.54, 1.807) is 12.1 Å². The van der Waals surface area contributed by atoms with Gasteiger partial charge in [-0.2, -0.15) is 0 Å². The molecule has 1 aliphatic heterocycles. The molecule has 1 aromatic heterocycles. The normalized spacial score (nSPS) is 13.5. The predicted octanol–water partition coefficient (Wildman–Crippen LogP) is 4.12.